The zero-order chi connectivity index (χ0) is 21.3. The Kier molecular flexibility index (Phi) is 9.03. The molecule has 5 N–H and O–H groups in total. The first kappa shape index (κ1) is 23.5. The van der Waals surface area contributed by atoms with Gasteiger partial charge in [0.05, 0.1) is 46.9 Å². The molecule has 3 atom stereocenters. The summed E-state index contributed by atoms with van der Waals surface area (Å²) < 4.78 is 11.2. The highest BCUT2D eigenvalue weighted by molar-refractivity contribution is 5.76. The highest BCUT2D eigenvalue weighted by atomic mass is 16.6. The van der Waals surface area contributed by atoms with E-state index in [0.717, 1.165) is 0 Å². The fourth-order valence-corrected chi connectivity index (χ4v) is 2.52. The zero-order valence-corrected chi connectivity index (χ0v) is 16.3. The first-order valence-corrected chi connectivity index (χ1v) is 8.75. The van der Waals surface area contributed by atoms with Crippen LogP contribution in [-0.2, 0) is 30.3 Å². The minimum absolute atomic E-state index is 0.155. The van der Waals surface area contributed by atoms with E-state index in [-0.39, 0.29) is 19.4 Å². The van der Waals surface area contributed by atoms with Gasteiger partial charge in [0.1, 0.15) is 24.8 Å². The second-order valence-corrected chi connectivity index (χ2v) is 7.57. The third kappa shape index (κ3) is 10.00. The molecule has 1 aromatic heterocycles. The number of aromatic nitrogens is 2. The van der Waals surface area contributed by atoms with E-state index in [2.05, 4.69) is 9.97 Å². The van der Waals surface area contributed by atoms with Crippen LogP contribution in [0.1, 0.15) is 18.5 Å². The lowest BCUT2D eigenvalue weighted by Crippen LogP contribution is -2.44. The molecule has 11 heteroatoms. The minimum Gasteiger partial charge on any atom is -0.481 e. The monoisotopic (exact) mass is 401 g/mol. The van der Waals surface area contributed by atoms with Gasteiger partial charge >= 0.3 is 17.9 Å². The van der Waals surface area contributed by atoms with Gasteiger partial charge in [0.15, 0.2) is 0 Å². The van der Waals surface area contributed by atoms with Crippen LogP contribution in [0.5, 0.6) is 0 Å². The standard InChI is InChI=1S/C17H28N4O7/c1-21(2,3)8-12(5-15(22)23)27-9-13(6-16(24)25)28-17(26)14(18)4-11-7-19-10-20-11/h7,10,12-14H,4-6,8-9,18H2,1-3H3,(H2-,19,20,22,23,24,25)/p+1/t12-,13?,14+/m1/s1. The topological polar surface area (TPSA) is 165 Å². The molecule has 1 aromatic rings. The van der Waals surface area contributed by atoms with Crippen LogP contribution in [0.3, 0.4) is 0 Å². The first-order chi connectivity index (χ1) is 13.0. The number of hydrogen-bond acceptors (Lipinski definition) is 7. The van der Waals surface area contributed by atoms with Crippen LogP contribution in [0.4, 0.5) is 0 Å². The molecule has 1 rings (SSSR count). The molecule has 0 fully saturated rings. The smallest absolute Gasteiger partial charge is 0.323 e. The van der Waals surface area contributed by atoms with Gasteiger partial charge in [-0.1, -0.05) is 0 Å². The fourth-order valence-electron chi connectivity index (χ4n) is 2.52. The number of aliphatic carboxylic acids is 2. The number of carboxylic acid groups (broad SMARTS) is 2. The lowest BCUT2D eigenvalue weighted by Gasteiger charge is -2.29. The molecule has 1 heterocycles. The number of imidazole rings is 1. The van der Waals surface area contributed by atoms with E-state index in [0.29, 0.717) is 16.7 Å². The molecule has 0 bridgehead atoms. The normalized spacial score (nSPS) is 14.9. The van der Waals surface area contributed by atoms with Crippen molar-refractivity contribution in [2.75, 3.05) is 34.3 Å². The number of hydrogen-bond donors (Lipinski definition) is 4. The summed E-state index contributed by atoms with van der Waals surface area (Å²) in [6, 6.07) is -1.00. The summed E-state index contributed by atoms with van der Waals surface area (Å²) in [6.07, 6.45) is 0.655. The summed E-state index contributed by atoms with van der Waals surface area (Å²) in [5, 5.41) is 18.1. The number of rotatable bonds is 13. The van der Waals surface area contributed by atoms with Gasteiger partial charge < -0.3 is 34.9 Å². The van der Waals surface area contributed by atoms with Crippen molar-refractivity contribution in [3.63, 3.8) is 0 Å². The molecule has 0 amide bonds. The minimum atomic E-state index is -1.18. The molecule has 0 saturated carbocycles. The molecule has 0 aliphatic carbocycles. The molecule has 0 radical (unpaired) electrons. The van der Waals surface area contributed by atoms with E-state index in [9.17, 15) is 14.4 Å². The lowest BCUT2D eigenvalue weighted by molar-refractivity contribution is -0.873. The number of likely N-dealkylation sites (N-methyl/N-ethyl adjacent to an activating group) is 1. The van der Waals surface area contributed by atoms with Crippen LogP contribution >= 0.6 is 0 Å². The van der Waals surface area contributed by atoms with Gasteiger partial charge in [0, 0.05) is 18.3 Å². The van der Waals surface area contributed by atoms with Crippen molar-refractivity contribution in [1.29, 1.82) is 0 Å². The predicted octanol–water partition coefficient (Wildman–Crippen LogP) is -0.768. The number of carbonyl (C=O) groups is 3. The molecule has 28 heavy (non-hydrogen) atoms. The van der Waals surface area contributed by atoms with Gasteiger partial charge in [-0.3, -0.25) is 14.4 Å². The molecule has 11 nitrogen and oxygen atoms in total. The zero-order valence-electron chi connectivity index (χ0n) is 16.3. The van der Waals surface area contributed by atoms with Crippen LogP contribution in [0, 0.1) is 0 Å². The van der Waals surface area contributed by atoms with Gasteiger partial charge in [0.25, 0.3) is 0 Å². The summed E-state index contributed by atoms with van der Waals surface area (Å²) in [6.45, 7) is 0.145. The van der Waals surface area contributed by atoms with Crippen LogP contribution in [-0.4, -0.2) is 95.1 Å². The number of aromatic amines is 1. The quantitative estimate of drug-likeness (QED) is 0.245. The van der Waals surface area contributed by atoms with Crippen molar-refractivity contribution in [1.82, 2.24) is 9.97 Å². The van der Waals surface area contributed by atoms with Crippen LogP contribution in [0.25, 0.3) is 0 Å². The second-order valence-electron chi connectivity index (χ2n) is 7.57. The van der Waals surface area contributed by atoms with Crippen molar-refractivity contribution in [2.45, 2.75) is 37.5 Å². The Morgan fingerprint density at radius 2 is 1.79 bits per heavy atom. The van der Waals surface area contributed by atoms with Crippen molar-refractivity contribution in [3.05, 3.63) is 18.2 Å². The Morgan fingerprint density at radius 1 is 1.18 bits per heavy atom. The maximum Gasteiger partial charge on any atom is 0.323 e. The summed E-state index contributed by atoms with van der Waals surface area (Å²) in [7, 11) is 5.63. The Balaban J connectivity index is 2.68. The van der Waals surface area contributed by atoms with Gasteiger partial charge in [0.2, 0.25) is 0 Å². The Labute approximate surface area is 163 Å². The van der Waals surface area contributed by atoms with E-state index in [4.69, 9.17) is 25.4 Å². The van der Waals surface area contributed by atoms with E-state index >= 15 is 0 Å². The molecular weight excluding hydrogens is 372 g/mol. The second kappa shape index (κ2) is 10.7. The predicted molar refractivity (Wildman–Crippen MR) is 97.3 cm³/mol. The number of ether oxygens (including phenoxy) is 2. The van der Waals surface area contributed by atoms with Crippen molar-refractivity contribution in [2.24, 2.45) is 5.73 Å². The number of nitrogens with zero attached hydrogens (tertiary/aromatic N) is 2. The molecule has 1 unspecified atom stereocenters. The number of carbonyl (C=O) groups excluding carboxylic acids is 1. The highest BCUT2D eigenvalue weighted by Crippen LogP contribution is 2.10. The van der Waals surface area contributed by atoms with Crippen LogP contribution in [0.2, 0.25) is 0 Å². The van der Waals surface area contributed by atoms with Crippen molar-refractivity contribution in [3.8, 4) is 0 Å². The van der Waals surface area contributed by atoms with E-state index in [1.165, 1.54) is 12.5 Å². The van der Waals surface area contributed by atoms with Gasteiger partial charge in [-0.05, 0) is 0 Å². The third-order valence-electron chi connectivity index (χ3n) is 3.65. The molecule has 158 valence electrons. The molecule has 0 aliphatic heterocycles. The molecule has 0 spiro atoms. The maximum absolute atomic E-state index is 12.2. The van der Waals surface area contributed by atoms with Gasteiger partial charge in [-0.2, -0.15) is 0 Å². The summed E-state index contributed by atoms with van der Waals surface area (Å²) in [5.74, 6) is -2.98. The highest BCUT2D eigenvalue weighted by Gasteiger charge is 2.27. The SMILES string of the molecule is C[N+](C)(C)C[C@@H](CC(=O)O)OCC(CC(=O)O)OC(=O)[C@@H](N)Cc1cnc[nH]1. The summed E-state index contributed by atoms with van der Waals surface area (Å²) in [5.41, 5.74) is 6.44. The van der Waals surface area contributed by atoms with Crippen LogP contribution < -0.4 is 5.73 Å². The average Bonchev–Trinajstić information content (AvgIpc) is 3.02. The number of nitrogens with two attached hydrogens (primary N) is 1. The average molecular weight is 401 g/mol. The third-order valence-corrected chi connectivity index (χ3v) is 3.65. The number of H-pyrrole nitrogens is 1. The van der Waals surface area contributed by atoms with Gasteiger partial charge in [-0.15, -0.1) is 0 Å². The number of nitrogens with one attached hydrogen (secondary N) is 1. The van der Waals surface area contributed by atoms with E-state index in [1.54, 1.807) is 0 Å². The van der Waals surface area contributed by atoms with Crippen molar-refractivity contribution < 1.29 is 38.6 Å². The summed E-state index contributed by atoms with van der Waals surface area (Å²) >= 11 is 0. The Morgan fingerprint density at radius 3 is 2.29 bits per heavy atom. The Hall–Kier alpha value is -2.50. The fraction of sp³-hybridized carbons (Fsp3) is 0.647. The van der Waals surface area contributed by atoms with E-state index in [1.807, 2.05) is 21.1 Å². The van der Waals surface area contributed by atoms with Crippen molar-refractivity contribution >= 4 is 17.9 Å². The molecular formula is C17H29N4O7+. The number of carboxylic acids is 2. The lowest BCUT2D eigenvalue weighted by atomic mass is 10.2. The first-order valence-electron chi connectivity index (χ1n) is 8.75. The number of quaternary nitrogens is 1. The molecule has 0 aromatic carbocycles. The maximum atomic E-state index is 12.2. The Bertz CT molecular complexity index is 642. The molecule has 0 aliphatic rings. The number of esters is 1. The largest absolute Gasteiger partial charge is 0.481 e. The summed E-state index contributed by atoms with van der Waals surface area (Å²) in [4.78, 5) is 41.0. The van der Waals surface area contributed by atoms with Gasteiger partial charge in [-0.25, -0.2) is 4.98 Å². The van der Waals surface area contributed by atoms with E-state index < -0.39 is 42.6 Å². The molecule has 0 saturated heterocycles. The van der Waals surface area contributed by atoms with Crippen LogP contribution in [0.15, 0.2) is 12.5 Å².